The lowest BCUT2D eigenvalue weighted by Crippen LogP contribution is -2.26. The Bertz CT molecular complexity index is 1140. The summed E-state index contributed by atoms with van der Waals surface area (Å²) in [5.41, 5.74) is 6.69. The SMILES string of the molecule is CN1CCc2ccc(Nc3nnc(-c4cccc(-c5cccnc5)c4)o3)cc2C1. The number of rotatable bonds is 4. The number of anilines is 2. The third-order valence-corrected chi connectivity index (χ3v) is 5.19. The number of pyridine rings is 1. The van der Waals surface area contributed by atoms with Crippen molar-refractivity contribution in [2.75, 3.05) is 18.9 Å². The molecular weight excluding hydrogens is 362 g/mol. The van der Waals surface area contributed by atoms with Gasteiger partial charge in [0.25, 0.3) is 0 Å². The standard InChI is InChI=1S/C23H21N5O/c1-28-11-9-16-7-8-21(13-20(16)15-28)25-23-27-26-22(29-23)18-5-2-4-17(12-18)19-6-3-10-24-14-19/h2-8,10,12-14H,9,11,15H2,1H3,(H,25,27). The molecule has 0 aliphatic carbocycles. The van der Waals surface area contributed by atoms with Crippen LogP contribution in [0.5, 0.6) is 0 Å². The molecule has 0 fully saturated rings. The maximum atomic E-state index is 5.87. The average molecular weight is 383 g/mol. The molecule has 2 aromatic heterocycles. The topological polar surface area (TPSA) is 67.1 Å². The highest BCUT2D eigenvalue weighted by atomic mass is 16.4. The van der Waals surface area contributed by atoms with Crippen molar-refractivity contribution in [1.82, 2.24) is 20.1 Å². The van der Waals surface area contributed by atoms with Gasteiger partial charge in [0.1, 0.15) is 0 Å². The number of hydrogen-bond donors (Lipinski definition) is 1. The summed E-state index contributed by atoms with van der Waals surface area (Å²) in [5.74, 6) is 0.482. The van der Waals surface area contributed by atoms with Gasteiger partial charge in [0.2, 0.25) is 5.89 Å². The molecular formula is C23H21N5O. The van der Waals surface area contributed by atoms with E-state index in [1.165, 1.54) is 11.1 Å². The molecule has 1 aliphatic heterocycles. The Kier molecular flexibility index (Phi) is 4.54. The fourth-order valence-corrected chi connectivity index (χ4v) is 3.66. The molecule has 6 heteroatoms. The largest absolute Gasteiger partial charge is 0.403 e. The lowest BCUT2D eigenvalue weighted by atomic mass is 9.99. The van der Waals surface area contributed by atoms with E-state index in [-0.39, 0.29) is 0 Å². The minimum atomic E-state index is 0.385. The van der Waals surface area contributed by atoms with E-state index in [4.69, 9.17) is 4.42 Å². The second kappa shape index (κ2) is 7.48. The van der Waals surface area contributed by atoms with E-state index in [1.54, 1.807) is 6.20 Å². The highest BCUT2D eigenvalue weighted by Gasteiger charge is 2.15. The number of aromatic nitrogens is 3. The fraction of sp³-hybridized carbons (Fsp3) is 0.174. The molecule has 0 unspecified atom stereocenters. The van der Waals surface area contributed by atoms with Gasteiger partial charge in [-0.25, -0.2) is 0 Å². The molecule has 3 heterocycles. The summed E-state index contributed by atoms with van der Waals surface area (Å²) < 4.78 is 5.87. The first-order valence-corrected chi connectivity index (χ1v) is 9.66. The molecule has 0 bridgehead atoms. The zero-order valence-corrected chi connectivity index (χ0v) is 16.2. The molecule has 2 aromatic carbocycles. The summed E-state index contributed by atoms with van der Waals surface area (Å²) in [6, 6.07) is 18.8. The van der Waals surface area contributed by atoms with Gasteiger partial charge in [-0.15, -0.1) is 5.10 Å². The normalized spacial score (nSPS) is 13.8. The number of fused-ring (bicyclic) bond motifs is 1. The Morgan fingerprint density at radius 1 is 0.931 bits per heavy atom. The van der Waals surface area contributed by atoms with Crippen LogP contribution in [-0.2, 0) is 13.0 Å². The van der Waals surface area contributed by atoms with Crippen molar-refractivity contribution in [2.45, 2.75) is 13.0 Å². The van der Waals surface area contributed by atoms with Crippen LogP contribution in [0.1, 0.15) is 11.1 Å². The minimum Gasteiger partial charge on any atom is -0.403 e. The van der Waals surface area contributed by atoms with Crippen LogP contribution >= 0.6 is 0 Å². The molecule has 1 aliphatic rings. The maximum absolute atomic E-state index is 5.87. The predicted molar refractivity (Wildman–Crippen MR) is 113 cm³/mol. The van der Waals surface area contributed by atoms with Gasteiger partial charge in [-0.3, -0.25) is 4.98 Å². The summed E-state index contributed by atoms with van der Waals surface area (Å²) in [7, 11) is 2.15. The molecule has 6 nitrogen and oxygen atoms in total. The maximum Gasteiger partial charge on any atom is 0.320 e. The van der Waals surface area contributed by atoms with Gasteiger partial charge < -0.3 is 14.6 Å². The van der Waals surface area contributed by atoms with Crippen LogP contribution in [0, 0.1) is 0 Å². The highest BCUT2D eigenvalue weighted by molar-refractivity contribution is 5.69. The molecule has 144 valence electrons. The molecule has 0 amide bonds. The molecule has 0 saturated heterocycles. The number of hydrogen-bond acceptors (Lipinski definition) is 6. The van der Waals surface area contributed by atoms with E-state index < -0.39 is 0 Å². The molecule has 0 saturated carbocycles. The van der Waals surface area contributed by atoms with Crippen molar-refractivity contribution in [3.05, 3.63) is 78.1 Å². The average Bonchev–Trinajstić information content (AvgIpc) is 3.23. The van der Waals surface area contributed by atoms with Gasteiger partial charge in [-0.05, 0) is 60.5 Å². The highest BCUT2D eigenvalue weighted by Crippen LogP contribution is 2.28. The second-order valence-corrected chi connectivity index (χ2v) is 7.33. The van der Waals surface area contributed by atoms with Crippen LogP contribution < -0.4 is 5.32 Å². The number of likely N-dealkylation sites (N-methyl/N-ethyl adjacent to an activating group) is 1. The number of nitrogens with zero attached hydrogens (tertiary/aromatic N) is 4. The van der Waals surface area contributed by atoms with E-state index in [9.17, 15) is 0 Å². The molecule has 0 atom stereocenters. The first kappa shape index (κ1) is 17.6. The zero-order chi connectivity index (χ0) is 19.6. The lowest BCUT2D eigenvalue weighted by molar-refractivity contribution is 0.313. The second-order valence-electron chi connectivity index (χ2n) is 7.33. The van der Waals surface area contributed by atoms with Crippen molar-refractivity contribution in [2.24, 2.45) is 0 Å². The van der Waals surface area contributed by atoms with Gasteiger partial charge in [-0.2, -0.15) is 0 Å². The number of nitrogens with one attached hydrogen (secondary N) is 1. The third kappa shape index (κ3) is 3.75. The van der Waals surface area contributed by atoms with E-state index in [2.05, 4.69) is 50.6 Å². The van der Waals surface area contributed by atoms with Crippen molar-refractivity contribution in [3.63, 3.8) is 0 Å². The molecule has 29 heavy (non-hydrogen) atoms. The van der Waals surface area contributed by atoms with Crippen LogP contribution in [0.4, 0.5) is 11.7 Å². The van der Waals surface area contributed by atoms with Crippen LogP contribution in [0.2, 0.25) is 0 Å². The Hall–Kier alpha value is -3.51. The Labute approximate surface area is 169 Å². The smallest absolute Gasteiger partial charge is 0.320 e. The first-order valence-electron chi connectivity index (χ1n) is 9.66. The van der Waals surface area contributed by atoms with E-state index in [1.807, 2.05) is 42.6 Å². The van der Waals surface area contributed by atoms with Crippen molar-refractivity contribution >= 4 is 11.7 Å². The lowest BCUT2D eigenvalue weighted by Gasteiger charge is -2.25. The van der Waals surface area contributed by atoms with E-state index in [0.717, 1.165) is 41.9 Å². The number of benzene rings is 2. The molecule has 0 spiro atoms. The molecule has 0 radical (unpaired) electrons. The van der Waals surface area contributed by atoms with Gasteiger partial charge in [0.15, 0.2) is 0 Å². The molecule has 4 aromatic rings. The van der Waals surface area contributed by atoms with Crippen LogP contribution in [-0.4, -0.2) is 33.7 Å². The summed E-state index contributed by atoms with van der Waals surface area (Å²) >= 11 is 0. The Morgan fingerprint density at radius 3 is 2.72 bits per heavy atom. The summed E-state index contributed by atoms with van der Waals surface area (Å²) in [6.45, 7) is 2.06. The van der Waals surface area contributed by atoms with Gasteiger partial charge in [-0.1, -0.05) is 29.4 Å². The minimum absolute atomic E-state index is 0.385. The molecule has 5 rings (SSSR count). The molecule has 1 N–H and O–H groups in total. The summed E-state index contributed by atoms with van der Waals surface area (Å²) in [4.78, 5) is 6.51. The van der Waals surface area contributed by atoms with E-state index in [0.29, 0.717) is 11.9 Å². The zero-order valence-electron chi connectivity index (χ0n) is 16.2. The van der Waals surface area contributed by atoms with E-state index >= 15 is 0 Å². The third-order valence-electron chi connectivity index (χ3n) is 5.19. The van der Waals surface area contributed by atoms with Crippen LogP contribution in [0.15, 0.2) is 71.4 Å². The first-order chi connectivity index (χ1) is 14.2. The summed E-state index contributed by atoms with van der Waals surface area (Å²) in [6.07, 6.45) is 4.69. The van der Waals surface area contributed by atoms with Gasteiger partial charge >= 0.3 is 6.01 Å². The van der Waals surface area contributed by atoms with Gasteiger partial charge in [0, 0.05) is 42.3 Å². The Morgan fingerprint density at radius 2 is 1.83 bits per heavy atom. The van der Waals surface area contributed by atoms with Crippen LogP contribution in [0.3, 0.4) is 0 Å². The monoisotopic (exact) mass is 383 g/mol. The van der Waals surface area contributed by atoms with Gasteiger partial charge in [0.05, 0.1) is 0 Å². The summed E-state index contributed by atoms with van der Waals surface area (Å²) in [5, 5.41) is 11.6. The van der Waals surface area contributed by atoms with Crippen molar-refractivity contribution < 1.29 is 4.42 Å². The van der Waals surface area contributed by atoms with Crippen molar-refractivity contribution in [1.29, 1.82) is 0 Å². The fourth-order valence-electron chi connectivity index (χ4n) is 3.66. The quantitative estimate of drug-likeness (QED) is 0.558. The Balaban J connectivity index is 1.37. The van der Waals surface area contributed by atoms with Crippen molar-refractivity contribution in [3.8, 4) is 22.6 Å². The predicted octanol–water partition coefficient (Wildman–Crippen LogP) is 4.53. The van der Waals surface area contributed by atoms with Crippen LogP contribution in [0.25, 0.3) is 22.6 Å².